The first-order chi connectivity index (χ1) is 16.3. The summed E-state index contributed by atoms with van der Waals surface area (Å²) in [5.41, 5.74) is 1.74. The molecular weight excluding hydrogens is 452 g/mol. The molecule has 2 heterocycles. The van der Waals surface area contributed by atoms with Crippen LogP contribution in [0.2, 0.25) is 0 Å². The van der Waals surface area contributed by atoms with Crippen molar-refractivity contribution in [3.05, 3.63) is 77.4 Å². The fraction of sp³-hybridized carbons (Fsp3) is 0.360. The van der Waals surface area contributed by atoms with Gasteiger partial charge < -0.3 is 14.6 Å². The molecule has 0 bridgehead atoms. The number of hydrogen-bond acceptors (Lipinski definition) is 5. The van der Waals surface area contributed by atoms with Crippen molar-refractivity contribution < 1.29 is 17.9 Å². The molecule has 1 fully saturated rings. The first-order valence-electron chi connectivity index (χ1n) is 11.3. The van der Waals surface area contributed by atoms with Crippen molar-refractivity contribution >= 4 is 15.9 Å². The number of carbonyl (C=O) groups excluding carboxylic acids is 1. The number of sulfonamides is 1. The van der Waals surface area contributed by atoms with Gasteiger partial charge in [0.25, 0.3) is 5.91 Å². The van der Waals surface area contributed by atoms with Crippen molar-refractivity contribution in [2.45, 2.75) is 37.1 Å². The molecule has 9 heteroatoms. The summed E-state index contributed by atoms with van der Waals surface area (Å²) in [6.45, 7) is 2.78. The van der Waals surface area contributed by atoms with Gasteiger partial charge in [-0.05, 0) is 55.2 Å². The second-order valence-electron chi connectivity index (χ2n) is 8.52. The fourth-order valence-electron chi connectivity index (χ4n) is 4.23. The summed E-state index contributed by atoms with van der Waals surface area (Å²) < 4.78 is 35.2. The van der Waals surface area contributed by atoms with Crippen LogP contribution in [0.1, 0.15) is 52.6 Å². The number of benzene rings is 2. The predicted octanol–water partition coefficient (Wildman–Crippen LogP) is 3.43. The molecule has 0 spiro atoms. The molecule has 1 aromatic heterocycles. The summed E-state index contributed by atoms with van der Waals surface area (Å²) in [7, 11) is -0.206. The van der Waals surface area contributed by atoms with Crippen LogP contribution in [0.4, 0.5) is 0 Å². The van der Waals surface area contributed by atoms with Crippen molar-refractivity contribution in [3.8, 4) is 5.75 Å². The van der Waals surface area contributed by atoms with Crippen LogP contribution in [0.3, 0.4) is 0 Å². The Morgan fingerprint density at radius 3 is 2.41 bits per heavy atom. The van der Waals surface area contributed by atoms with Gasteiger partial charge in [-0.1, -0.05) is 24.6 Å². The van der Waals surface area contributed by atoms with E-state index in [2.05, 4.69) is 10.3 Å². The van der Waals surface area contributed by atoms with E-state index in [1.807, 2.05) is 42.1 Å². The lowest BCUT2D eigenvalue weighted by atomic mass is 10.0. The molecule has 34 heavy (non-hydrogen) atoms. The topological polar surface area (TPSA) is 93.5 Å². The number of aromatic nitrogens is 2. The number of aryl methyl sites for hydroxylation is 2. The van der Waals surface area contributed by atoms with E-state index in [-0.39, 0.29) is 16.4 Å². The summed E-state index contributed by atoms with van der Waals surface area (Å²) in [5, 5.41) is 3.04. The zero-order chi connectivity index (χ0) is 24.3. The molecule has 0 radical (unpaired) electrons. The quantitative estimate of drug-likeness (QED) is 0.557. The standard InChI is InChI=1S/C25H30N4O4S/c1-18-7-8-20(17-22(18)34(31,32)29-14-5-4-6-15-29)25(30)27-23(24-26-13-16-28(24)2)19-9-11-21(33-3)12-10-19/h7-13,16-17,23H,4-6,14-15H2,1-3H3,(H,27,30)/t23-/m0/s1. The summed E-state index contributed by atoms with van der Waals surface area (Å²) in [5.74, 6) is 0.991. The highest BCUT2D eigenvalue weighted by Gasteiger charge is 2.29. The minimum Gasteiger partial charge on any atom is -0.497 e. The highest BCUT2D eigenvalue weighted by Crippen LogP contribution is 2.26. The Hall–Kier alpha value is -3.17. The van der Waals surface area contributed by atoms with Crippen molar-refractivity contribution in [2.24, 2.45) is 7.05 Å². The molecule has 1 atom stereocenters. The Morgan fingerprint density at radius 2 is 1.79 bits per heavy atom. The maximum Gasteiger partial charge on any atom is 0.252 e. The third-order valence-corrected chi connectivity index (χ3v) is 8.27. The highest BCUT2D eigenvalue weighted by atomic mass is 32.2. The van der Waals surface area contributed by atoms with E-state index in [1.54, 1.807) is 32.4 Å². The van der Waals surface area contributed by atoms with Crippen molar-refractivity contribution in [1.82, 2.24) is 19.2 Å². The van der Waals surface area contributed by atoms with E-state index in [0.717, 1.165) is 24.8 Å². The smallest absolute Gasteiger partial charge is 0.252 e. The van der Waals surface area contributed by atoms with Crippen LogP contribution in [0.5, 0.6) is 5.75 Å². The number of hydrogen-bond donors (Lipinski definition) is 1. The number of piperidine rings is 1. The Bertz CT molecular complexity index is 1260. The van der Waals surface area contributed by atoms with Crippen LogP contribution in [-0.2, 0) is 17.1 Å². The molecule has 1 aliphatic heterocycles. The molecule has 3 aromatic rings. The highest BCUT2D eigenvalue weighted by molar-refractivity contribution is 7.89. The number of nitrogens with one attached hydrogen (secondary N) is 1. The molecule has 4 rings (SSSR count). The Balaban J connectivity index is 1.65. The molecule has 1 aliphatic rings. The van der Waals surface area contributed by atoms with E-state index in [0.29, 0.717) is 30.2 Å². The number of amides is 1. The van der Waals surface area contributed by atoms with Gasteiger partial charge in [0, 0.05) is 38.1 Å². The SMILES string of the molecule is COc1ccc([C@H](NC(=O)c2ccc(C)c(S(=O)(=O)N3CCCCC3)c2)c2nccn2C)cc1. The molecule has 8 nitrogen and oxygen atoms in total. The Kier molecular flexibility index (Phi) is 7.04. The first-order valence-corrected chi connectivity index (χ1v) is 12.8. The lowest BCUT2D eigenvalue weighted by Gasteiger charge is -2.26. The summed E-state index contributed by atoms with van der Waals surface area (Å²) in [4.78, 5) is 18.0. The van der Waals surface area contributed by atoms with Gasteiger partial charge in [0.2, 0.25) is 10.0 Å². The van der Waals surface area contributed by atoms with E-state index < -0.39 is 16.1 Å². The lowest BCUT2D eigenvalue weighted by molar-refractivity contribution is 0.0941. The summed E-state index contributed by atoms with van der Waals surface area (Å²) in [6, 6.07) is 11.7. The zero-order valence-corrected chi connectivity index (χ0v) is 20.5. The number of methoxy groups -OCH3 is 1. The predicted molar refractivity (Wildman–Crippen MR) is 129 cm³/mol. The van der Waals surface area contributed by atoms with Crippen molar-refractivity contribution in [1.29, 1.82) is 0 Å². The first kappa shape index (κ1) is 24.0. The third-order valence-electron chi connectivity index (χ3n) is 6.22. The van der Waals surface area contributed by atoms with Gasteiger partial charge in [0.1, 0.15) is 17.6 Å². The van der Waals surface area contributed by atoms with Gasteiger partial charge in [0.05, 0.1) is 12.0 Å². The molecule has 0 saturated carbocycles. The monoisotopic (exact) mass is 482 g/mol. The second kappa shape index (κ2) is 9.99. The van der Waals surface area contributed by atoms with Crippen LogP contribution in [0.25, 0.3) is 0 Å². The molecular formula is C25H30N4O4S. The molecule has 180 valence electrons. The zero-order valence-electron chi connectivity index (χ0n) is 19.7. The average Bonchev–Trinajstić information content (AvgIpc) is 3.28. The molecule has 2 aromatic carbocycles. The maximum absolute atomic E-state index is 13.3. The van der Waals surface area contributed by atoms with E-state index in [4.69, 9.17) is 4.74 Å². The molecule has 0 aliphatic carbocycles. The van der Waals surface area contributed by atoms with Gasteiger partial charge in [-0.2, -0.15) is 4.31 Å². The summed E-state index contributed by atoms with van der Waals surface area (Å²) >= 11 is 0. The van der Waals surface area contributed by atoms with Crippen LogP contribution in [0.15, 0.2) is 59.8 Å². The molecule has 0 unspecified atom stereocenters. The van der Waals surface area contributed by atoms with Crippen molar-refractivity contribution in [3.63, 3.8) is 0 Å². The second-order valence-corrected chi connectivity index (χ2v) is 10.4. The molecule has 1 amide bonds. The van der Waals surface area contributed by atoms with Crippen LogP contribution < -0.4 is 10.1 Å². The van der Waals surface area contributed by atoms with Crippen LogP contribution in [0, 0.1) is 6.92 Å². The number of ether oxygens (including phenoxy) is 1. The summed E-state index contributed by atoms with van der Waals surface area (Å²) in [6.07, 6.45) is 6.23. The van der Waals surface area contributed by atoms with E-state index in [9.17, 15) is 13.2 Å². The molecule has 1 saturated heterocycles. The normalized spacial score (nSPS) is 15.6. The van der Waals surface area contributed by atoms with Gasteiger partial charge in [-0.3, -0.25) is 4.79 Å². The largest absolute Gasteiger partial charge is 0.497 e. The van der Waals surface area contributed by atoms with Gasteiger partial charge >= 0.3 is 0 Å². The number of rotatable bonds is 7. The fourth-order valence-corrected chi connectivity index (χ4v) is 5.99. The number of carbonyl (C=O) groups is 1. The minimum atomic E-state index is -3.66. The number of imidazole rings is 1. The Morgan fingerprint density at radius 1 is 1.09 bits per heavy atom. The average molecular weight is 483 g/mol. The Labute approximate surface area is 200 Å². The maximum atomic E-state index is 13.3. The van der Waals surface area contributed by atoms with E-state index in [1.165, 1.54) is 10.4 Å². The van der Waals surface area contributed by atoms with Gasteiger partial charge in [-0.15, -0.1) is 0 Å². The lowest BCUT2D eigenvalue weighted by Crippen LogP contribution is -2.36. The van der Waals surface area contributed by atoms with E-state index >= 15 is 0 Å². The van der Waals surface area contributed by atoms with Crippen LogP contribution in [-0.4, -0.2) is 48.4 Å². The minimum absolute atomic E-state index is 0.181. The number of nitrogens with zero attached hydrogens (tertiary/aromatic N) is 3. The van der Waals surface area contributed by atoms with Crippen molar-refractivity contribution in [2.75, 3.05) is 20.2 Å². The van der Waals surface area contributed by atoms with Gasteiger partial charge in [-0.25, -0.2) is 13.4 Å². The van der Waals surface area contributed by atoms with Crippen LogP contribution >= 0.6 is 0 Å². The van der Waals surface area contributed by atoms with Gasteiger partial charge in [0.15, 0.2) is 0 Å². The molecule has 1 N–H and O–H groups in total. The third kappa shape index (κ3) is 4.85.